The van der Waals surface area contributed by atoms with E-state index in [0.717, 1.165) is 0 Å². The zero-order valence-corrected chi connectivity index (χ0v) is 10.1. The highest BCUT2D eigenvalue weighted by molar-refractivity contribution is 7.17. The van der Waals surface area contributed by atoms with Gasteiger partial charge in [-0.25, -0.2) is 9.78 Å². The zero-order chi connectivity index (χ0) is 13.1. The molecule has 0 saturated carbocycles. The lowest BCUT2D eigenvalue weighted by molar-refractivity contribution is -0.120. The van der Waals surface area contributed by atoms with E-state index in [1.54, 1.807) is 11.4 Å². The van der Waals surface area contributed by atoms with Gasteiger partial charge in [-0.3, -0.25) is 19.5 Å². The van der Waals surface area contributed by atoms with Crippen LogP contribution in [0.15, 0.2) is 22.6 Å². The van der Waals surface area contributed by atoms with Crippen molar-refractivity contribution in [3.05, 3.63) is 28.1 Å². The molecule has 2 aromatic rings. The fourth-order valence-electron chi connectivity index (χ4n) is 1.46. The Morgan fingerprint density at radius 2 is 2.28 bits per heavy atom. The van der Waals surface area contributed by atoms with Gasteiger partial charge in [0, 0.05) is 13.0 Å². The number of aromatic nitrogens is 2. The Kier molecular flexibility index (Phi) is 3.38. The van der Waals surface area contributed by atoms with Crippen molar-refractivity contribution in [2.24, 2.45) is 5.73 Å². The van der Waals surface area contributed by atoms with Crippen molar-refractivity contribution in [2.45, 2.75) is 13.0 Å². The summed E-state index contributed by atoms with van der Waals surface area (Å²) in [5.74, 6) is -0.527. The van der Waals surface area contributed by atoms with Crippen LogP contribution in [0, 0.1) is 0 Å². The molecule has 0 aliphatic rings. The first-order valence-electron chi connectivity index (χ1n) is 5.10. The third kappa shape index (κ3) is 2.54. The number of imide groups is 1. The van der Waals surface area contributed by atoms with Crippen LogP contribution < -0.4 is 16.6 Å². The highest BCUT2D eigenvalue weighted by atomic mass is 32.1. The Bertz CT molecular complexity index is 660. The number of urea groups is 1. The number of rotatable bonds is 3. The third-order valence-electron chi connectivity index (χ3n) is 2.28. The predicted octanol–water partition coefficient (Wildman–Crippen LogP) is 0.0430. The van der Waals surface area contributed by atoms with E-state index in [-0.39, 0.29) is 18.5 Å². The molecule has 0 spiro atoms. The molecule has 2 heterocycles. The summed E-state index contributed by atoms with van der Waals surface area (Å²) in [7, 11) is 0. The highest BCUT2D eigenvalue weighted by Gasteiger charge is 2.08. The van der Waals surface area contributed by atoms with Crippen LogP contribution in [-0.4, -0.2) is 21.5 Å². The van der Waals surface area contributed by atoms with Gasteiger partial charge in [-0.2, -0.15) is 0 Å². The number of fused-ring (bicyclic) bond motifs is 1. The maximum Gasteiger partial charge on any atom is 0.318 e. The number of nitrogens with one attached hydrogen (secondary N) is 1. The lowest BCUT2D eigenvalue weighted by Crippen LogP contribution is -2.36. The first-order chi connectivity index (χ1) is 8.58. The van der Waals surface area contributed by atoms with Crippen LogP contribution in [0.2, 0.25) is 0 Å². The average Bonchev–Trinajstić information content (AvgIpc) is 2.76. The minimum Gasteiger partial charge on any atom is -0.351 e. The molecule has 18 heavy (non-hydrogen) atoms. The van der Waals surface area contributed by atoms with Crippen LogP contribution in [0.3, 0.4) is 0 Å². The van der Waals surface area contributed by atoms with Gasteiger partial charge in [0.1, 0.15) is 4.70 Å². The standard InChI is InChI=1S/C10H10N4O3S/c11-10(17)13-7(15)1-3-14-5-12-6-2-4-18-8(6)9(14)16/h2,4-5H,1,3H2,(H3,11,13,15,17). The van der Waals surface area contributed by atoms with Crippen LogP contribution in [0.5, 0.6) is 0 Å². The van der Waals surface area contributed by atoms with Crippen molar-refractivity contribution in [1.29, 1.82) is 0 Å². The van der Waals surface area contributed by atoms with Gasteiger partial charge >= 0.3 is 6.03 Å². The quantitative estimate of drug-likeness (QED) is 0.817. The minimum absolute atomic E-state index is 0.0125. The second-order valence-electron chi connectivity index (χ2n) is 3.54. The van der Waals surface area contributed by atoms with Gasteiger partial charge in [0.25, 0.3) is 5.56 Å². The Labute approximate surface area is 105 Å². The molecule has 0 unspecified atom stereocenters. The predicted molar refractivity (Wildman–Crippen MR) is 66.2 cm³/mol. The van der Waals surface area contributed by atoms with Crippen molar-refractivity contribution in [2.75, 3.05) is 0 Å². The molecule has 0 saturated heterocycles. The molecule has 0 radical (unpaired) electrons. The van der Waals surface area contributed by atoms with Gasteiger partial charge in [-0.1, -0.05) is 0 Å². The second kappa shape index (κ2) is 4.96. The van der Waals surface area contributed by atoms with Crippen molar-refractivity contribution >= 4 is 33.5 Å². The maximum absolute atomic E-state index is 11.9. The van der Waals surface area contributed by atoms with Gasteiger partial charge < -0.3 is 5.73 Å². The molecule has 0 aromatic carbocycles. The van der Waals surface area contributed by atoms with E-state index in [0.29, 0.717) is 10.2 Å². The lowest BCUT2D eigenvalue weighted by atomic mass is 10.4. The molecule has 94 valence electrons. The largest absolute Gasteiger partial charge is 0.351 e. The van der Waals surface area contributed by atoms with Crippen LogP contribution in [0.4, 0.5) is 4.79 Å². The van der Waals surface area contributed by atoms with Gasteiger partial charge in [0.2, 0.25) is 5.91 Å². The fraction of sp³-hybridized carbons (Fsp3) is 0.200. The van der Waals surface area contributed by atoms with Crippen LogP contribution in [0.1, 0.15) is 6.42 Å². The van der Waals surface area contributed by atoms with Crippen molar-refractivity contribution in [3.63, 3.8) is 0 Å². The smallest absolute Gasteiger partial charge is 0.318 e. The number of carbonyl (C=O) groups excluding carboxylic acids is 2. The second-order valence-corrected chi connectivity index (χ2v) is 4.46. The number of nitrogens with two attached hydrogens (primary N) is 1. The topological polar surface area (TPSA) is 107 Å². The number of hydrogen-bond acceptors (Lipinski definition) is 5. The number of carbonyl (C=O) groups is 2. The summed E-state index contributed by atoms with van der Waals surface area (Å²) in [6.45, 7) is 0.152. The monoisotopic (exact) mass is 266 g/mol. The number of thiophene rings is 1. The van der Waals surface area contributed by atoms with E-state index < -0.39 is 11.9 Å². The molecule has 3 N–H and O–H groups in total. The van der Waals surface area contributed by atoms with Crippen molar-refractivity contribution in [1.82, 2.24) is 14.9 Å². The van der Waals surface area contributed by atoms with Gasteiger partial charge in [0.15, 0.2) is 0 Å². The molecule has 0 aliphatic heterocycles. The molecule has 2 rings (SSSR count). The van der Waals surface area contributed by atoms with Crippen molar-refractivity contribution in [3.8, 4) is 0 Å². The highest BCUT2D eigenvalue weighted by Crippen LogP contribution is 2.13. The Morgan fingerprint density at radius 3 is 3.00 bits per heavy atom. The molecule has 3 amide bonds. The third-order valence-corrected chi connectivity index (χ3v) is 3.17. The van der Waals surface area contributed by atoms with Gasteiger partial charge in [-0.05, 0) is 11.4 Å². The summed E-state index contributed by atoms with van der Waals surface area (Å²) < 4.78 is 1.88. The molecule has 0 atom stereocenters. The summed E-state index contributed by atoms with van der Waals surface area (Å²) in [5, 5.41) is 3.71. The van der Waals surface area contributed by atoms with Crippen molar-refractivity contribution < 1.29 is 9.59 Å². The molecule has 0 bridgehead atoms. The van der Waals surface area contributed by atoms with E-state index in [1.807, 2.05) is 5.32 Å². The maximum atomic E-state index is 11.9. The Morgan fingerprint density at radius 1 is 1.50 bits per heavy atom. The van der Waals surface area contributed by atoms with E-state index in [2.05, 4.69) is 4.98 Å². The summed E-state index contributed by atoms with van der Waals surface area (Å²) in [6, 6.07) is 0.852. The molecule has 0 aliphatic carbocycles. The van der Waals surface area contributed by atoms with Gasteiger partial charge in [-0.15, -0.1) is 11.3 Å². The number of nitrogens with zero attached hydrogens (tertiary/aromatic N) is 2. The number of amides is 3. The SMILES string of the molecule is NC(=O)NC(=O)CCn1cnc2ccsc2c1=O. The number of hydrogen-bond donors (Lipinski definition) is 2. The Balaban J connectivity index is 2.12. The Hall–Kier alpha value is -2.22. The molecule has 7 nitrogen and oxygen atoms in total. The van der Waals surface area contributed by atoms with E-state index >= 15 is 0 Å². The van der Waals surface area contributed by atoms with Crippen LogP contribution >= 0.6 is 11.3 Å². The summed E-state index contributed by atoms with van der Waals surface area (Å²) >= 11 is 1.30. The van der Waals surface area contributed by atoms with Crippen LogP contribution in [0.25, 0.3) is 10.2 Å². The van der Waals surface area contributed by atoms with Gasteiger partial charge in [0.05, 0.1) is 11.8 Å². The zero-order valence-electron chi connectivity index (χ0n) is 9.25. The summed E-state index contributed by atoms with van der Waals surface area (Å²) in [4.78, 5) is 37.7. The number of primary amides is 1. The summed E-state index contributed by atoms with van der Waals surface area (Å²) in [5.41, 5.74) is 5.25. The average molecular weight is 266 g/mol. The molecule has 2 aromatic heterocycles. The molecular weight excluding hydrogens is 256 g/mol. The molecule has 0 fully saturated rings. The lowest BCUT2D eigenvalue weighted by Gasteiger charge is -2.04. The number of aryl methyl sites for hydroxylation is 1. The molecular formula is C10H10N4O3S. The van der Waals surface area contributed by atoms with E-state index in [1.165, 1.54) is 22.2 Å². The normalized spacial score (nSPS) is 10.4. The first kappa shape index (κ1) is 12.2. The molecule has 8 heteroatoms. The summed E-state index contributed by atoms with van der Waals surface area (Å²) in [6.07, 6.45) is 1.37. The van der Waals surface area contributed by atoms with E-state index in [9.17, 15) is 14.4 Å². The van der Waals surface area contributed by atoms with Crippen LogP contribution in [-0.2, 0) is 11.3 Å². The first-order valence-corrected chi connectivity index (χ1v) is 5.98. The minimum atomic E-state index is -0.904. The van der Waals surface area contributed by atoms with E-state index in [4.69, 9.17) is 5.73 Å². The fourth-order valence-corrected chi connectivity index (χ4v) is 2.25.